The molecular formula is C12H13ClN2OS. The van der Waals surface area contributed by atoms with E-state index in [0.717, 1.165) is 16.4 Å². The van der Waals surface area contributed by atoms with Crippen LogP contribution in [-0.2, 0) is 6.54 Å². The highest BCUT2D eigenvalue weighted by molar-refractivity contribution is 7.15. The minimum atomic E-state index is 0.672. The maximum Gasteiger partial charge on any atom is 0.121 e. The summed E-state index contributed by atoms with van der Waals surface area (Å²) in [5, 5.41) is 4.25. The summed E-state index contributed by atoms with van der Waals surface area (Å²) in [6.45, 7) is 3.32. The average molecular weight is 269 g/mol. The Bertz CT molecular complexity index is 487. The van der Waals surface area contributed by atoms with Gasteiger partial charge < -0.3 is 10.1 Å². The highest BCUT2D eigenvalue weighted by Crippen LogP contribution is 2.21. The largest absolute Gasteiger partial charge is 0.494 e. The summed E-state index contributed by atoms with van der Waals surface area (Å²) in [5.74, 6) is 0.870. The van der Waals surface area contributed by atoms with E-state index in [-0.39, 0.29) is 0 Å². The van der Waals surface area contributed by atoms with E-state index < -0.39 is 0 Å². The molecule has 0 fully saturated rings. The number of hydrogen-bond acceptors (Lipinski definition) is 4. The van der Waals surface area contributed by atoms with Gasteiger partial charge in [0.05, 0.1) is 19.3 Å². The first kappa shape index (κ1) is 12.2. The summed E-state index contributed by atoms with van der Waals surface area (Å²) in [6, 6.07) is 7.87. The lowest BCUT2D eigenvalue weighted by Gasteiger charge is -2.07. The molecule has 0 spiro atoms. The van der Waals surface area contributed by atoms with E-state index in [4.69, 9.17) is 16.3 Å². The third kappa shape index (κ3) is 3.61. The second-order valence-electron chi connectivity index (χ2n) is 3.37. The fraction of sp³-hybridized carbons (Fsp3) is 0.250. The number of nitrogens with zero attached hydrogens (tertiary/aromatic N) is 1. The normalized spacial score (nSPS) is 10.2. The van der Waals surface area contributed by atoms with E-state index in [1.807, 2.05) is 31.2 Å². The Balaban J connectivity index is 1.96. The molecule has 1 aromatic carbocycles. The quantitative estimate of drug-likeness (QED) is 0.895. The molecule has 17 heavy (non-hydrogen) atoms. The van der Waals surface area contributed by atoms with Crippen LogP contribution in [0.15, 0.2) is 30.5 Å². The molecule has 1 N–H and O–H groups in total. The van der Waals surface area contributed by atoms with Gasteiger partial charge in [-0.1, -0.05) is 17.7 Å². The molecule has 0 unspecified atom stereocenters. The first-order valence-electron chi connectivity index (χ1n) is 5.35. The van der Waals surface area contributed by atoms with Gasteiger partial charge in [0, 0.05) is 11.8 Å². The minimum Gasteiger partial charge on any atom is -0.494 e. The van der Waals surface area contributed by atoms with Crippen LogP contribution in [0.2, 0.25) is 4.34 Å². The lowest BCUT2D eigenvalue weighted by atomic mass is 10.3. The van der Waals surface area contributed by atoms with Gasteiger partial charge in [-0.05, 0) is 19.1 Å². The number of rotatable bonds is 5. The van der Waals surface area contributed by atoms with Crippen molar-refractivity contribution in [2.45, 2.75) is 13.5 Å². The smallest absolute Gasteiger partial charge is 0.121 e. The second-order valence-corrected chi connectivity index (χ2v) is 5.12. The molecule has 0 aliphatic carbocycles. The van der Waals surface area contributed by atoms with Crippen molar-refractivity contribution in [3.8, 4) is 5.75 Å². The second kappa shape index (κ2) is 5.89. The summed E-state index contributed by atoms with van der Waals surface area (Å²) >= 11 is 7.30. The third-order valence-electron chi connectivity index (χ3n) is 2.11. The average Bonchev–Trinajstić information content (AvgIpc) is 2.74. The lowest BCUT2D eigenvalue weighted by Crippen LogP contribution is -1.99. The van der Waals surface area contributed by atoms with Gasteiger partial charge in [-0.15, -0.1) is 11.3 Å². The molecule has 2 rings (SSSR count). The van der Waals surface area contributed by atoms with Gasteiger partial charge in [0.1, 0.15) is 15.1 Å². The Morgan fingerprint density at radius 2 is 2.35 bits per heavy atom. The predicted octanol–water partition coefficient (Wildman–Crippen LogP) is 3.81. The first-order valence-corrected chi connectivity index (χ1v) is 6.54. The van der Waals surface area contributed by atoms with Gasteiger partial charge in [0.2, 0.25) is 0 Å². The number of aromatic nitrogens is 1. The Morgan fingerprint density at radius 1 is 1.47 bits per heavy atom. The van der Waals surface area contributed by atoms with Crippen LogP contribution in [0.25, 0.3) is 0 Å². The number of thiazole rings is 1. The Kier molecular flexibility index (Phi) is 4.23. The molecule has 5 heteroatoms. The molecule has 2 aromatic rings. The monoisotopic (exact) mass is 268 g/mol. The lowest BCUT2D eigenvalue weighted by molar-refractivity contribution is 0.340. The molecule has 1 aromatic heterocycles. The van der Waals surface area contributed by atoms with Gasteiger partial charge in [-0.2, -0.15) is 0 Å². The molecule has 90 valence electrons. The van der Waals surface area contributed by atoms with E-state index in [9.17, 15) is 0 Å². The standard InChI is InChI=1S/C12H13ClN2OS/c1-2-16-10-5-3-4-9(6-10)14-8-12-15-7-11(13)17-12/h3-7,14H,2,8H2,1H3. The van der Waals surface area contributed by atoms with Gasteiger partial charge in [0.25, 0.3) is 0 Å². The Morgan fingerprint density at radius 3 is 3.06 bits per heavy atom. The molecule has 0 bridgehead atoms. The molecule has 1 heterocycles. The summed E-state index contributed by atoms with van der Waals surface area (Å²) in [4.78, 5) is 4.18. The van der Waals surface area contributed by atoms with E-state index in [0.29, 0.717) is 17.5 Å². The molecule has 0 aliphatic heterocycles. The molecule has 0 saturated carbocycles. The summed E-state index contributed by atoms with van der Waals surface area (Å²) in [6.07, 6.45) is 1.67. The number of halogens is 1. The minimum absolute atomic E-state index is 0.672. The summed E-state index contributed by atoms with van der Waals surface area (Å²) in [5.41, 5.74) is 1.02. The van der Waals surface area contributed by atoms with Crippen LogP contribution in [0.3, 0.4) is 0 Å². The third-order valence-corrected chi connectivity index (χ3v) is 3.23. The SMILES string of the molecule is CCOc1cccc(NCc2ncc(Cl)s2)c1. The number of anilines is 1. The van der Waals surface area contributed by atoms with Crippen molar-refractivity contribution in [3.63, 3.8) is 0 Å². The molecule has 0 amide bonds. The van der Waals surface area contributed by atoms with Gasteiger partial charge in [-0.25, -0.2) is 4.98 Å². The van der Waals surface area contributed by atoms with Crippen LogP contribution in [0, 0.1) is 0 Å². The van der Waals surface area contributed by atoms with Crippen LogP contribution in [-0.4, -0.2) is 11.6 Å². The Hall–Kier alpha value is -1.26. The van der Waals surface area contributed by atoms with Gasteiger partial charge in [0.15, 0.2) is 0 Å². The van der Waals surface area contributed by atoms with Crippen molar-refractivity contribution in [2.75, 3.05) is 11.9 Å². The Labute approximate surface area is 109 Å². The van der Waals surface area contributed by atoms with E-state index in [1.54, 1.807) is 6.20 Å². The zero-order valence-electron chi connectivity index (χ0n) is 9.44. The van der Waals surface area contributed by atoms with Crippen molar-refractivity contribution >= 4 is 28.6 Å². The zero-order valence-corrected chi connectivity index (χ0v) is 11.0. The fourth-order valence-electron chi connectivity index (χ4n) is 1.41. The molecular weight excluding hydrogens is 256 g/mol. The van der Waals surface area contributed by atoms with E-state index >= 15 is 0 Å². The fourth-order valence-corrected chi connectivity index (χ4v) is 2.31. The predicted molar refractivity (Wildman–Crippen MR) is 72.1 cm³/mol. The molecule has 0 saturated heterocycles. The highest BCUT2D eigenvalue weighted by Gasteiger charge is 2.00. The van der Waals surface area contributed by atoms with E-state index in [1.165, 1.54) is 11.3 Å². The number of hydrogen-bond donors (Lipinski definition) is 1. The van der Waals surface area contributed by atoms with E-state index in [2.05, 4.69) is 10.3 Å². The van der Waals surface area contributed by atoms with Crippen LogP contribution >= 0.6 is 22.9 Å². The number of ether oxygens (including phenoxy) is 1. The molecule has 3 nitrogen and oxygen atoms in total. The zero-order chi connectivity index (χ0) is 12.1. The molecule has 0 aliphatic rings. The number of benzene rings is 1. The van der Waals surface area contributed by atoms with Crippen LogP contribution < -0.4 is 10.1 Å². The summed E-state index contributed by atoms with van der Waals surface area (Å²) in [7, 11) is 0. The maximum atomic E-state index is 5.82. The maximum absolute atomic E-state index is 5.82. The van der Waals surface area contributed by atoms with Gasteiger partial charge >= 0.3 is 0 Å². The first-order chi connectivity index (χ1) is 8.28. The van der Waals surface area contributed by atoms with Crippen LogP contribution in [0.1, 0.15) is 11.9 Å². The van der Waals surface area contributed by atoms with Crippen LogP contribution in [0.4, 0.5) is 5.69 Å². The highest BCUT2D eigenvalue weighted by atomic mass is 35.5. The van der Waals surface area contributed by atoms with Gasteiger partial charge in [-0.3, -0.25) is 0 Å². The molecule has 0 atom stereocenters. The van der Waals surface area contributed by atoms with Crippen molar-refractivity contribution < 1.29 is 4.74 Å². The van der Waals surface area contributed by atoms with Crippen molar-refractivity contribution in [1.29, 1.82) is 0 Å². The number of nitrogens with one attached hydrogen (secondary N) is 1. The van der Waals surface area contributed by atoms with Crippen LogP contribution in [0.5, 0.6) is 5.75 Å². The topological polar surface area (TPSA) is 34.1 Å². The van der Waals surface area contributed by atoms with Crippen molar-refractivity contribution in [2.24, 2.45) is 0 Å². The summed E-state index contributed by atoms with van der Waals surface area (Å²) < 4.78 is 6.14. The van der Waals surface area contributed by atoms with Crippen molar-refractivity contribution in [3.05, 3.63) is 39.8 Å². The van der Waals surface area contributed by atoms with Crippen molar-refractivity contribution in [1.82, 2.24) is 4.98 Å². The molecule has 0 radical (unpaired) electrons.